The Kier molecular flexibility index (Phi) is 3.44. The van der Waals surface area contributed by atoms with Crippen molar-refractivity contribution in [1.29, 1.82) is 0 Å². The normalized spacial score (nSPS) is 12.8. The average molecular weight is 324 g/mol. The highest BCUT2D eigenvalue weighted by Crippen LogP contribution is 2.22. The van der Waals surface area contributed by atoms with E-state index in [1.807, 2.05) is 0 Å². The molecule has 21 heavy (non-hydrogen) atoms. The fraction of sp³-hybridized carbons (Fsp3) is 0.154. The number of nitrogens with one attached hydrogen (secondary N) is 1. The first-order chi connectivity index (χ1) is 9.99. The van der Waals surface area contributed by atoms with E-state index in [1.165, 1.54) is 10.6 Å². The summed E-state index contributed by atoms with van der Waals surface area (Å²) in [7, 11) is 0. The van der Waals surface area contributed by atoms with Crippen molar-refractivity contribution in [2.75, 3.05) is 0 Å². The van der Waals surface area contributed by atoms with Crippen LogP contribution in [0.25, 0.3) is 16.7 Å². The summed E-state index contributed by atoms with van der Waals surface area (Å²) >= 11 is 12.0. The van der Waals surface area contributed by atoms with Crippen molar-refractivity contribution < 1.29 is 0 Å². The third-order valence-electron chi connectivity index (χ3n) is 3.04. The van der Waals surface area contributed by atoms with Crippen molar-refractivity contribution in [3.05, 3.63) is 50.6 Å². The number of nitrogens with zero attached hydrogens (tertiary/aromatic N) is 3. The van der Waals surface area contributed by atoms with Gasteiger partial charge in [0.2, 0.25) is 0 Å². The van der Waals surface area contributed by atoms with Crippen LogP contribution in [0, 0.1) is 0 Å². The molecule has 0 aliphatic carbocycles. The summed E-state index contributed by atoms with van der Waals surface area (Å²) in [6.07, 6.45) is 0. The number of aromatic amines is 1. The number of hydrogen-bond acceptors (Lipinski definition) is 4. The van der Waals surface area contributed by atoms with Gasteiger partial charge in [0.15, 0.2) is 5.82 Å². The van der Waals surface area contributed by atoms with Gasteiger partial charge in [-0.2, -0.15) is 5.10 Å². The van der Waals surface area contributed by atoms with Gasteiger partial charge in [-0.25, -0.2) is 9.55 Å². The number of benzene rings is 1. The molecule has 2 heterocycles. The van der Waals surface area contributed by atoms with Crippen molar-refractivity contribution in [3.63, 3.8) is 0 Å². The van der Waals surface area contributed by atoms with Crippen molar-refractivity contribution >= 4 is 34.1 Å². The lowest BCUT2D eigenvalue weighted by molar-refractivity contribution is 0.688. The van der Waals surface area contributed by atoms with Gasteiger partial charge in [-0.05, 0) is 19.1 Å². The van der Waals surface area contributed by atoms with Crippen molar-refractivity contribution in [2.45, 2.75) is 13.0 Å². The van der Waals surface area contributed by atoms with E-state index < -0.39 is 6.04 Å². The lowest BCUT2D eigenvalue weighted by Crippen LogP contribution is -2.27. The van der Waals surface area contributed by atoms with Crippen LogP contribution in [0.2, 0.25) is 10.2 Å². The van der Waals surface area contributed by atoms with Gasteiger partial charge < -0.3 is 5.73 Å². The Hall–Kier alpha value is -1.89. The highest BCUT2D eigenvalue weighted by Gasteiger charge is 2.18. The second kappa shape index (κ2) is 5.14. The van der Waals surface area contributed by atoms with Crippen LogP contribution in [0.3, 0.4) is 0 Å². The van der Waals surface area contributed by atoms with Gasteiger partial charge in [0.25, 0.3) is 5.56 Å². The number of rotatable bonds is 2. The number of halogens is 2. The van der Waals surface area contributed by atoms with E-state index in [2.05, 4.69) is 15.2 Å². The third-order valence-corrected chi connectivity index (χ3v) is 3.55. The molecule has 1 aromatic carbocycles. The molecule has 0 fully saturated rings. The topological polar surface area (TPSA) is 89.6 Å². The zero-order valence-corrected chi connectivity index (χ0v) is 12.5. The van der Waals surface area contributed by atoms with E-state index >= 15 is 0 Å². The van der Waals surface area contributed by atoms with Gasteiger partial charge in [-0.3, -0.25) is 9.89 Å². The van der Waals surface area contributed by atoms with Crippen molar-refractivity contribution in [2.24, 2.45) is 5.73 Å². The summed E-state index contributed by atoms with van der Waals surface area (Å²) < 4.78 is 1.32. The molecule has 0 saturated carbocycles. The molecule has 0 bridgehead atoms. The molecular formula is C13H11Cl2N5O. The molecule has 6 nitrogen and oxygen atoms in total. The van der Waals surface area contributed by atoms with Crippen molar-refractivity contribution in [1.82, 2.24) is 19.7 Å². The Labute approximate surface area is 129 Å². The number of fused-ring (bicyclic) bond motifs is 1. The minimum Gasteiger partial charge on any atom is -0.322 e. The van der Waals surface area contributed by atoms with Crippen molar-refractivity contribution in [3.8, 4) is 5.82 Å². The molecule has 3 N–H and O–H groups in total. The van der Waals surface area contributed by atoms with Crippen LogP contribution in [0.5, 0.6) is 0 Å². The maximum absolute atomic E-state index is 12.8. The van der Waals surface area contributed by atoms with Crippen LogP contribution in [0.15, 0.2) is 29.1 Å². The summed E-state index contributed by atoms with van der Waals surface area (Å²) in [6.45, 7) is 1.74. The molecule has 108 valence electrons. The summed E-state index contributed by atoms with van der Waals surface area (Å²) in [5.41, 5.74) is 6.10. The fourth-order valence-electron chi connectivity index (χ4n) is 2.14. The Morgan fingerprint density at radius 2 is 2.14 bits per heavy atom. The van der Waals surface area contributed by atoms with E-state index in [1.54, 1.807) is 25.1 Å². The van der Waals surface area contributed by atoms with Crippen LogP contribution in [0.1, 0.15) is 18.8 Å². The van der Waals surface area contributed by atoms with Gasteiger partial charge in [0, 0.05) is 6.07 Å². The molecular weight excluding hydrogens is 313 g/mol. The van der Waals surface area contributed by atoms with Crippen LogP contribution < -0.4 is 11.3 Å². The first kappa shape index (κ1) is 14.1. The second-order valence-corrected chi connectivity index (χ2v) is 5.42. The van der Waals surface area contributed by atoms with E-state index in [-0.39, 0.29) is 5.56 Å². The molecule has 0 saturated heterocycles. The Morgan fingerprint density at radius 3 is 2.76 bits per heavy atom. The molecule has 3 rings (SSSR count). The molecule has 0 amide bonds. The SMILES string of the molecule is C[C@H](N)c1nc2cccc(Cl)c2c(=O)n1-c1cc(Cl)[nH]n1. The minimum absolute atomic E-state index is 0.312. The maximum Gasteiger partial charge on any atom is 0.268 e. The minimum atomic E-state index is -0.462. The highest BCUT2D eigenvalue weighted by atomic mass is 35.5. The number of hydrogen-bond donors (Lipinski definition) is 2. The predicted octanol–water partition coefficient (Wildman–Crippen LogP) is 2.44. The van der Waals surface area contributed by atoms with Crippen LogP contribution in [-0.2, 0) is 0 Å². The zero-order chi connectivity index (χ0) is 15.1. The van der Waals surface area contributed by atoms with E-state index in [9.17, 15) is 4.79 Å². The lowest BCUT2D eigenvalue weighted by atomic mass is 10.2. The Morgan fingerprint density at radius 1 is 1.38 bits per heavy atom. The lowest BCUT2D eigenvalue weighted by Gasteiger charge is -2.14. The maximum atomic E-state index is 12.8. The predicted molar refractivity (Wildman–Crippen MR) is 82.1 cm³/mol. The number of H-pyrrole nitrogens is 1. The van der Waals surface area contributed by atoms with Crippen LogP contribution >= 0.6 is 23.2 Å². The smallest absolute Gasteiger partial charge is 0.268 e. The molecule has 1 atom stereocenters. The van der Waals surface area contributed by atoms with Crippen LogP contribution in [0.4, 0.5) is 0 Å². The largest absolute Gasteiger partial charge is 0.322 e. The first-order valence-corrected chi connectivity index (χ1v) is 6.92. The molecule has 0 aliphatic heterocycles. The molecule has 0 spiro atoms. The average Bonchev–Trinajstić information content (AvgIpc) is 2.84. The molecule has 0 aliphatic rings. The molecule has 0 unspecified atom stereocenters. The molecule has 3 aromatic rings. The van der Waals surface area contributed by atoms with Gasteiger partial charge in [-0.15, -0.1) is 0 Å². The monoisotopic (exact) mass is 323 g/mol. The molecule has 0 radical (unpaired) electrons. The number of nitrogens with two attached hydrogens (primary N) is 1. The first-order valence-electron chi connectivity index (χ1n) is 6.17. The van der Waals surface area contributed by atoms with Gasteiger partial charge >= 0.3 is 0 Å². The van der Waals surface area contributed by atoms with Crippen LogP contribution in [-0.4, -0.2) is 19.7 Å². The quantitative estimate of drug-likeness (QED) is 0.757. The summed E-state index contributed by atoms with van der Waals surface area (Å²) in [6, 6.07) is 6.16. The van der Waals surface area contributed by atoms with E-state index in [0.717, 1.165) is 0 Å². The third kappa shape index (κ3) is 2.31. The summed E-state index contributed by atoms with van der Waals surface area (Å²) in [4.78, 5) is 17.2. The fourth-order valence-corrected chi connectivity index (χ4v) is 2.53. The molecule has 8 heteroatoms. The number of aromatic nitrogens is 4. The van der Waals surface area contributed by atoms with E-state index in [4.69, 9.17) is 28.9 Å². The zero-order valence-electron chi connectivity index (χ0n) is 11.0. The standard InChI is InChI=1S/C13H11Cl2N5O/c1-6(16)12-17-8-4-2-3-7(14)11(8)13(21)20(12)10-5-9(15)18-19-10/h2-6H,16H2,1H3,(H,18,19)/t6-/m0/s1. The second-order valence-electron chi connectivity index (χ2n) is 4.61. The Bertz CT molecular complexity index is 884. The Balaban J connectivity index is 2.46. The summed E-state index contributed by atoms with van der Waals surface area (Å²) in [5.74, 6) is 0.713. The highest BCUT2D eigenvalue weighted by molar-refractivity contribution is 6.35. The summed E-state index contributed by atoms with van der Waals surface area (Å²) in [5, 5.41) is 7.54. The molecule has 2 aromatic heterocycles. The van der Waals surface area contributed by atoms with E-state index in [0.29, 0.717) is 32.7 Å². The van der Waals surface area contributed by atoms with Gasteiger partial charge in [0.1, 0.15) is 11.0 Å². The van der Waals surface area contributed by atoms with Gasteiger partial charge in [0.05, 0.1) is 22.0 Å². The van der Waals surface area contributed by atoms with Gasteiger partial charge in [-0.1, -0.05) is 29.3 Å².